The van der Waals surface area contributed by atoms with Gasteiger partial charge in [-0.05, 0) is 154 Å². The number of hydrogen-bond donors (Lipinski definition) is 9. The summed E-state index contributed by atoms with van der Waals surface area (Å²) in [7, 11) is -12.2. The molecule has 123 heavy (non-hydrogen) atoms. The number of anilines is 2. The maximum atomic E-state index is 13.8. The molecule has 0 aromatic heterocycles. The van der Waals surface area contributed by atoms with Crippen LogP contribution in [0.4, 0.5) is 11.4 Å². The second-order valence-electron chi connectivity index (χ2n) is 32.0. The average Bonchev–Trinajstić information content (AvgIpc) is 0.812. The molecule has 0 saturated carbocycles. The Bertz CT molecular complexity index is 4660. The van der Waals surface area contributed by atoms with Gasteiger partial charge in [0.25, 0.3) is 35.4 Å². The van der Waals surface area contributed by atoms with Crippen molar-refractivity contribution in [2.45, 2.75) is 165 Å². The van der Waals surface area contributed by atoms with Crippen LogP contribution in [-0.4, -0.2) is 164 Å². The Morgan fingerprint density at radius 1 is 0.325 bits per heavy atom. The number of rotatable bonds is 43. The van der Waals surface area contributed by atoms with Gasteiger partial charge in [-0.1, -0.05) is 221 Å². The first-order chi connectivity index (χ1) is 58.5. The molecule has 0 radical (unpaired) electrons. The van der Waals surface area contributed by atoms with Gasteiger partial charge in [-0.3, -0.25) is 56.8 Å². The van der Waals surface area contributed by atoms with E-state index in [9.17, 15) is 71.5 Å². The van der Waals surface area contributed by atoms with E-state index in [1.807, 2.05) is 184 Å². The Morgan fingerprint density at radius 2 is 0.569 bits per heavy atom. The summed E-state index contributed by atoms with van der Waals surface area (Å²) in [5.74, 6) is -8.61. The Balaban J connectivity index is 0.000000286. The van der Waals surface area contributed by atoms with Crippen molar-refractivity contribution in [3.05, 3.63) is 274 Å². The molecular weight excluding hydrogens is 1610 g/mol. The molecule has 662 valence electrons. The zero-order chi connectivity index (χ0) is 90.4. The molecule has 0 heterocycles. The third-order valence-electron chi connectivity index (χ3n) is 20.4. The maximum Gasteiger partial charge on any atom is 0.253 e. The van der Waals surface area contributed by atoms with Gasteiger partial charge >= 0.3 is 0 Å². The fourth-order valence-corrected chi connectivity index (χ4v) is 19.7. The maximum absolute atomic E-state index is 13.8. The van der Waals surface area contributed by atoms with E-state index in [2.05, 4.69) is 31.9 Å². The summed E-state index contributed by atoms with van der Waals surface area (Å²) in [5.41, 5.74) is 7.47. The number of amides is 9. The molecule has 0 bridgehead atoms. The van der Waals surface area contributed by atoms with E-state index in [0.717, 1.165) is 66.3 Å². The fraction of sp³-hybridized carbons (Fsp3) is 0.406. The Hall–Kier alpha value is -10.4. The van der Waals surface area contributed by atoms with Crippen molar-refractivity contribution in [3.8, 4) is 0 Å². The summed E-state index contributed by atoms with van der Waals surface area (Å²) in [5, 5.41) is 16.7. The number of hydrogen-bond acceptors (Lipinski definition) is 12. The van der Waals surface area contributed by atoms with Crippen molar-refractivity contribution in [1.82, 2.24) is 36.0 Å². The lowest BCUT2D eigenvalue weighted by atomic mass is 10.1. The van der Waals surface area contributed by atoms with Crippen LogP contribution in [0.3, 0.4) is 0 Å². The summed E-state index contributed by atoms with van der Waals surface area (Å²) in [6.07, 6.45) is 4.36. The highest BCUT2D eigenvalue weighted by atomic mass is 31.2. The molecule has 9 N–H and O–H groups in total. The predicted octanol–water partition coefficient (Wildman–Crippen LogP) is 17.1. The van der Waals surface area contributed by atoms with Crippen LogP contribution in [0.15, 0.2) is 212 Å². The number of benzene rings is 8. The van der Waals surface area contributed by atoms with Gasteiger partial charge in [0.15, 0.2) is 0 Å². The van der Waals surface area contributed by atoms with Gasteiger partial charge in [-0.25, -0.2) is 0 Å². The smallest absolute Gasteiger partial charge is 0.253 e. The number of nitrogens with zero attached hydrogens (tertiary/aromatic N) is 3. The summed E-state index contributed by atoms with van der Waals surface area (Å²) in [6.45, 7) is 28.9. The number of aryl methyl sites for hydroxylation is 2. The predicted molar refractivity (Wildman–Crippen MR) is 492 cm³/mol. The van der Waals surface area contributed by atoms with E-state index in [1.165, 1.54) is 18.2 Å². The number of carbonyl (C=O) groups excluding carboxylic acids is 9. The minimum Gasteiger partial charge on any atom is -0.356 e. The number of carbonyl (C=O) groups is 9. The van der Waals surface area contributed by atoms with Gasteiger partial charge in [-0.15, -0.1) is 0 Å². The van der Waals surface area contributed by atoms with E-state index in [0.29, 0.717) is 73.9 Å². The first-order valence-electron chi connectivity index (χ1n) is 42.7. The summed E-state index contributed by atoms with van der Waals surface area (Å²) in [6, 6.07) is 61.3. The average molecular weight is 1740 g/mol. The molecule has 0 spiro atoms. The minimum absolute atomic E-state index is 0.103. The minimum atomic E-state index is -4.10. The lowest BCUT2D eigenvalue weighted by molar-refractivity contribution is -0.124. The molecular formula is C96H128N9O15P3. The molecule has 0 saturated heterocycles. The highest BCUT2D eigenvalue weighted by molar-refractivity contribution is 7.59. The molecule has 8 aromatic rings. The van der Waals surface area contributed by atoms with Gasteiger partial charge in [0.1, 0.15) is 17.3 Å². The van der Waals surface area contributed by atoms with Crippen LogP contribution in [-0.2, 0) is 47.3 Å². The molecule has 0 aliphatic rings. The van der Waals surface area contributed by atoms with Gasteiger partial charge in [0, 0.05) is 146 Å². The number of nitrogens with one attached hydrogen (secondary N) is 6. The molecule has 0 aliphatic heterocycles. The second kappa shape index (κ2) is 51.0. The van der Waals surface area contributed by atoms with Crippen molar-refractivity contribution in [2.24, 2.45) is 23.7 Å². The van der Waals surface area contributed by atoms with Gasteiger partial charge in [0.2, 0.25) is 39.8 Å². The van der Waals surface area contributed by atoms with Crippen LogP contribution in [0.25, 0.3) is 0 Å². The lowest BCUT2D eigenvalue weighted by Crippen LogP contribution is -2.39. The van der Waals surface area contributed by atoms with Crippen LogP contribution < -0.4 is 31.9 Å². The SMILES string of the molecule is CCCN(CCC)C(=O)c1cccc(C(=O)N[C@@H](Cc2ccccc2)P(=O)(O)CC(C)C(=O)NCC(C)C)c1.CCCN(CCC)C(=O)c1cccc(C(=O)N[C@@H](Cc2ccccc2)P(=O)(O)C[C@@H](C)C(=O)Nc2ccc(C)cc2)c1.CCCN(CCC)C(=O)c1cccc(C(=O)N[C@@H](Cc2ccccc2)P(=O)(O)C[C@H](C)C(=O)Nc2ccc(C)cc2)c1. The van der Waals surface area contributed by atoms with Crippen molar-refractivity contribution in [3.63, 3.8) is 0 Å². The Kier molecular flexibility index (Phi) is 42.0. The van der Waals surface area contributed by atoms with E-state index in [1.54, 1.807) is 114 Å². The second-order valence-corrected chi connectivity index (χ2v) is 39.5. The monoisotopic (exact) mass is 1740 g/mol. The molecule has 0 fully saturated rings. The zero-order valence-electron chi connectivity index (χ0n) is 73.6. The third kappa shape index (κ3) is 33.6. The first kappa shape index (κ1) is 101. The van der Waals surface area contributed by atoms with E-state index >= 15 is 0 Å². The fourth-order valence-electron chi connectivity index (χ4n) is 13.7. The molecule has 8 aromatic carbocycles. The van der Waals surface area contributed by atoms with Crippen LogP contribution in [0.2, 0.25) is 0 Å². The zero-order valence-corrected chi connectivity index (χ0v) is 76.3. The summed E-state index contributed by atoms with van der Waals surface area (Å²) in [4.78, 5) is 157. The largest absolute Gasteiger partial charge is 0.356 e. The highest BCUT2D eigenvalue weighted by Gasteiger charge is 2.40. The van der Waals surface area contributed by atoms with Gasteiger partial charge < -0.3 is 61.3 Å². The van der Waals surface area contributed by atoms with E-state index < -0.39 is 74.9 Å². The van der Waals surface area contributed by atoms with Crippen LogP contribution in [0.5, 0.6) is 0 Å². The van der Waals surface area contributed by atoms with Crippen molar-refractivity contribution < 1.29 is 71.5 Å². The molecule has 0 aliphatic carbocycles. The Labute approximate surface area is 727 Å². The van der Waals surface area contributed by atoms with Gasteiger partial charge in [0.05, 0.1) is 0 Å². The quantitative estimate of drug-likeness (QED) is 0.0160. The standard InChI is InChI=1S/2C33H42N3O5P.C30H44N3O5P/c2*1-5-19-36(20-6-2)33(39)28-14-10-13-27(22-28)32(38)35-30(21-26-11-8-7-9-12-26)42(40,41)23-25(4)31(37)34-29-17-15-24(3)16-18-29;1-6-16-33(17-7-2)30(36)26-15-11-14-25(19-26)29(35)32-27(18-24-12-9-8-10-13-24)39(37,38)21-23(5)28(34)31-20-22(3)4/h2*7-18,22,25,30H,5-6,19-21,23H2,1-4H3,(H,34,37)(H,35,38)(H,40,41);8-15,19,22-23,27H,6-7,16-18,20-21H2,1-5H3,(H,31,34)(H,32,35)(H,37,38)/t25-,30+;25-,30-;23?,27-/m011/s1. The van der Waals surface area contributed by atoms with Crippen LogP contribution in [0, 0.1) is 37.5 Å². The normalized spacial score (nSPS) is 14.0. The summed E-state index contributed by atoms with van der Waals surface area (Å²) >= 11 is 0. The van der Waals surface area contributed by atoms with E-state index in [4.69, 9.17) is 0 Å². The first-order valence-corrected chi connectivity index (χ1v) is 48.5. The van der Waals surface area contributed by atoms with Crippen molar-refractivity contribution in [2.75, 3.05) is 74.9 Å². The lowest BCUT2D eigenvalue weighted by Gasteiger charge is -2.27. The molecule has 27 heteroatoms. The Morgan fingerprint density at radius 3 is 0.813 bits per heavy atom. The summed E-state index contributed by atoms with van der Waals surface area (Å²) < 4.78 is 41.3. The van der Waals surface area contributed by atoms with Crippen LogP contribution >= 0.6 is 22.1 Å². The van der Waals surface area contributed by atoms with Gasteiger partial charge in [-0.2, -0.15) is 0 Å². The molecule has 24 nitrogen and oxygen atoms in total. The van der Waals surface area contributed by atoms with Crippen LogP contribution in [0.1, 0.15) is 205 Å². The molecule has 9 amide bonds. The topological polar surface area (TPSA) is 347 Å². The molecule has 9 atom stereocenters. The molecule has 8 rings (SSSR count). The highest BCUT2D eigenvalue weighted by Crippen LogP contribution is 2.51. The van der Waals surface area contributed by atoms with Crippen molar-refractivity contribution >= 4 is 86.6 Å². The molecule has 4 unspecified atom stereocenters. The third-order valence-corrected chi connectivity index (χ3v) is 27.4. The van der Waals surface area contributed by atoms with E-state index in [-0.39, 0.29) is 95.8 Å². The van der Waals surface area contributed by atoms with Crippen molar-refractivity contribution in [1.29, 1.82) is 0 Å².